The molecule has 2 N–H and O–H groups in total. The fourth-order valence-electron chi connectivity index (χ4n) is 0.336. The van der Waals surface area contributed by atoms with Crippen molar-refractivity contribution in [1.82, 2.24) is 5.32 Å². The average molecular weight is 131 g/mol. The zero-order chi connectivity index (χ0) is 7.28. The van der Waals surface area contributed by atoms with Crippen molar-refractivity contribution >= 4 is 0 Å². The molecule has 0 aromatic carbocycles. The first kappa shape index (κ1) is 8.62. The van der Waals surface area contributed by atoms with E-state index in [1.165, 1.54) is 0 Å². The van der Waals surface area contributed by atoms with Gasteiger partial charge in [-0.1, -0.05) is 6.58 Å². The Balaban J connectivity index is 3.27. The van der Waals surface area contributed by atoms with Gasteiger partial charge in [0.15, 0.2) is 0 Å². The highest BCUT2D eigenvalue weighted by Gasteiger charge is 1.99. The maximum Gasteiger partial charge on any atom is 0.128 e. The molecule has 0 aliphatic rings. The molecule has 3 nitrogen and oxygen atoms in total. The molecule has 54 valence electrons. The van der Waals surface area contributed by atoms with Crippen molar-refractivity contribution in [2.45, 2.75) is 13.2 Å². The van der Waals surface area contributed by atoms with Gasteiger partial charge < -0.3 is 9.84 Å². The van der Waals surface area contributed by atoms with Gasteiger partial charge >= 0.3 is 0 Å². The van der Waals surface area contributed by atoms with Crippen LogP contribution in [0.25, 0.3) is 0 Å². The number of hydrogen-bond acceptors (Lipinski definition) is 3. The summed E-state index contributed by atoms with van der Waals surface area (Å²) in [5.41, 5.74) is 0.687. The van der Waals surface area contributed by atoms with Gasteiger partial charge in [-0.3, -0.25) is 5.32 Å². The van der Waals surface area contributed by atoms with Crippen LogP contribution in [0.5, 0.6) is 0 Å². The van der Waals surface area contributed by atoms with E-state index in [9.17, 15) is 0 Å². The molecule has 0 saturated heterocycles. The van der Waals surface area contributed by atoms with E-state index in [4.69, 9.17) is 5.11 Å². The van der Waals surface area contributed by atoms with E-state index in [1.807, 2.05) is 0 Å². The maximum absolute atomic E-state index is 8.97. The van der Waals surface area contributed by atoms with Gasteiger partial charge in [0.25, 0.3) is 0 Å². The van der Waals surface area contributed by atoms with Crippen LogP contribution in [-0.2, 0) is 4.74 Å². The van der Waals surface area contributed by atoms with Crippen LogP contribution in [0.4, 0.5) is 0 Å². The molecular weight excluding hydrogens is 118 g/mol. The quantitative estimate of drug-likeness (QED) is 0.419. The molecule has 0 heterocycles. The molecule has 0 amide bonds. The minimum atomic E-state index is -0.648. The number of ether oxygens (including phenoxy) is 1. The first-order chi connectivity index (χ1) is 4.18. The predicted octanol–water partition coefficient (Wildman–Crippen LogP) is 0.0744. The van der Waals surface area contributed by atoms with Crippen LogP contribution in [0.2, 0.25) is 0 Å². The van der Waals surface area contributed by atoms with Crippen LogP contribution in [0, 0.1) is 0 Å². The number of hydrogen-bond donors (Lipinski definition) is 2. The fraction of sp³-hybridized carbons (Fsp3) is 0.667. The second-order valence-corrected chi connectivity index (χ2v) is 1.89. The highest BCUT2D eigenvalue weighted by atomic mass is 16.5. The molecule has 3 heteroatoms. The Labute approximate surface area is 55.3 Å². The molecule has 0 aliphatic carbocycles. The molecule has 0 saturated carbocycles. The number of aliphatic hydroxyl groups is 1. The zero-order valence-electron chi connectivity index (χ0n) is 5.85. The summed E-state index contributed by atoms with van der Waals surface area (Å²) < 4.78 is 4.65. The second-order valence-electron chi connectivity index (χ2n) is 1.89. The van der Waals surface area contributed by atoms with Crippen LogP contribution >= 0.6 is 0 Å². The summed E-state index contributed by atoms with van der Waals surface area (Å²) in [5.74, 6) is 0. The highest BCUT2D eigenvalue weighted by molar-refractivity contribution is 4.94. The smallest absolute Gasteiger partial charge is 0.128 e. The third kappa shape index (κ3) is 4.14. The van der Waals surface area contributed by atoms with Crippen molar-refractivity contribution in [1.29, 1.82) is 0 Å². The summed E-state index contributed by atoms with van der Waals surface area (Å²) in [6.45, 7) is 5.62. The second kappa shape index (κ2) is 4.49. The molecular formula is C6H13NO2. The Kier molecular flexibility index (Phi) is 4.30. The van der Waals surface area contributed by atoms with E-state index in [-0.39, 0.29) is 0 Å². The van der Waals surface area contributed by atoms with Crippen LogP contribution in [0.3, 0.4) is 0 Å². The molecule has 0 aromatic rings. The Morgan fingerprint density at radius 1 is 1.89 bits per heavy atom. The third-order valence-corrected chi connectivity index (χ3v) is 0.888. The van der Waals surface area contributed by atoms with Crippen molar-refractivity contribution in [3.8, 4) is 0 Å². The minimum absolute atomic E-state index is 0.341. The number of rotatable bonds is 4. The zero-order valence-corrected chi connectivity index (χ0v) is 5.85. The third-order valence-electron chi connectivity index (χ3n) is 0.888. The van der Waals surface area contributed by atoms with Gasteiger partial charge in [-0.15, -0.1) is 0 Å². The summed E-state index contributed by atoms with van der Waals surface area (Å²) in [6.07, 6.45) is -0.648. The molecule has 0 aliphatic heterocycles. The normalized spacial score (nSPS) is 13.2. The first-order valence-electron chi connectivity index (χ1n) is 2.74. The van der Waals surface area contributed by atoms with Gasteiger partial charge in [0.2, 0.25) is 0 Å². The number of aliphatic hydroxyl groups excluding tert-OH is 1. The van der Waals surface area contributed by atoms with Crippen LogP contribution in [0.1, 0.15) is 6.92 Å². The standard InChI is InChI=1S/C6H13NO2/c1-5(2)6(8)7-4-9-3/h6-8H,1,4H2,2-3H3. The molecule has 9 heavy (non-hydrogen) atoms. The van der Waals surface area contributed by atoms with Crippen molar-refractivity contribution in [2.75, 3.05) is 13.8 Å². The van der Waals surface area contributed by atoms with E-state index in [2.05, 4.69) is 16.6 Å². The topological polar surface area (TPSA) is 41.5 Å². The molecule has 0 bridgehead atoms. The summed E-state index contributed by atoms with van der Waals surface area (Å²) in [4.78, 5) is 0. The number of nitrogens with one attached hydrogen (secondary N) is 1. The lowest BCUT2D eigenvalue weighted by Gasteiger charge is -2.10. The SMILES string of the molecule is C=C(C)C(O)NCOC. The van der Waals surface area contributed by atoms with Gasteiger partial charge in [-0.25, -0.2) is 0 Å². The molecule has 0 aromatic heterocycles. The van der Waals surface area contributed by atoms with Gasteiger partial charge in [-0.05, 0) is 12.5 Å². The fourth-order valence-corrected chi connectivity index (χ4v) is 0.336. The molecule has 0 radical (unpaired) electrons. The van der Waals surface area contributed by atoms with E-state index >= 15 is 0 Å². The molecule has 1 atom stereocenters. The van der Waals surface area contributed by atoms with E-state index in [1.54, 1.807) is 14.0 Å². The van der Waals surface area contributed by atoms with Gasteiger partial charge in [0.05, 0.1) is 6.73 Å². The minimum Gasteiger partial charge on any atom is -0.375 e. The summed E-state index contributed by atoms with van der Waals surface area (Å²) >= 11 is 0. The Hall–Kier alpha value is -0.380. The number of methoxy groups -OCH3 is 1. The molecule has 0 spiro atoms. The molecule has 0 rings (SSSR count). The van der Waals surface area contributed by atoms with Crippen molar-refractivity contribution in [2.24, 2.45) is 0 Å². The predicted molar refractivity (Wildman–Crippen MR) is 35.8 cm³/mol. The van der Waals surface area contributed by atoms with Crippen molar-refractivity contribution in [3.63, 3.8) is 0 Å². The monoisotopic (exact) mass is 131 g/mol. The lowest BCUT2D eigenvalue weighted by Crippen LogP contribution is -2.30. The Morgan fingerprint density at radius 2 is 2.44 bits per heavy atom. The van der Waals surface area contributed by atoms with E-state index in [0.717, 1.165) is 0 Å². The van der Waals surface area contributed by atoms with Crippen molar-refractivity contribution < 1.29 is 9.84 Å². The molecule has 0 fully saturated rings. The lowest BCUT2D eigenvalue weighted by molar-refractivity contribution is 0.0972. The Morgan fingerprint density at radius 3 is 2.78 bits per heavy atom. The highest BCUT2D eigenvalue weighted by Crippen LogP contribution is 1.90. The largest absolute Gasteiger partial charge is 0.375 e. The van der Waals surface area contributed by atoms with Crippen LogP contribution in [0.15, 0.2) is 12.2 Å². The van der Waals surface area contributed by atoms with E-state index in [0.29, 0.717) is 12.3 Å². The lowest BCUT2D eigenvalue weighted by atomic mass is 10.3. The van der Waals surface area contributed by atoms with Gasteiger partial charge in [0, 0.05) is 7.11 Å². The van der Waals surface area contributed by atoms with Crippen molar-refractivity contribution in [3.05, 3.63) is 12.2 Å². The van der Waals surface area contributed by atoms with Gasteiger partial charge in [0.1, 0.15) is 6.23 Å². The molecule has 1 unspecified atom stereocenters. The first-order valence-corrected chi connectivity index (χ1v) is 2.74. The maximum atomic E-state index is 8.97. The van der Waals surface area contributed by atoms with Gasteiger partial charge in [-0.2, -0.15) is 0 Å². The summed E-state index contributed by atoms with van der Waals surface area (Å²) in [7, 11) is 1.55. The summed E-state index contributed by atoms with van der Waals surface area (Å²) in [6, 6.07) is 0. The van der Waals surface area contributed by atoms with E-state index < -0.39 is 6.23 Å². The van der Waals surface area contributed by atoms with Crippen LogP contribution in [-0.4, -0.2) is 25.2 Å². The van der Waals surface area contributed by atoms with Crippen LogP contribution < -0.4 is 5.32 Å². The average Bonchev–Trinajstić information content (AvgIpc) is 1.82. The Bertz CT molecular complexity index is 93.1. The summed E-state index contributed by atoms with van der Waals surface area (Å²) in [5, 5.41) is 11.6.